The van der Waals surface area contributed by atoms with Gasteiger partial charge in [0.2, 0.25) is 0 Å². The lowest BCUT2D eigenvalue weighted by molar-refractivity contribution is -0.132. The maximum absolute atomic E-state index is 11.7. The van der Waals surface area contributed by atoms with Gasteiger partial charge >= 0.3 is 11.9 Å². The van der Waals surface area contributed by atoms with Gasteiger partial charge in [0.1, 0.15) is 11.5 Å². The van der Waals surface area contributed by atoms with Crippen LogP contribution in [0.2, 0.25) is 0 Å². The molecule has 26 heavy (non-hydrogen) atoms. The summed E-state index contributed by atoms with van der Waals surface area (Å²) >= 11 is 0. The quantitative estimate of drug-likeness (QED) is 0.361. The van der Waals surface area contributed by atoms with Crippen LogP contribution in [0, 0.1) is 0 Å². The number of aryl methyl sites for hydroxylation is 1. The van der Waals surface area contributed by atoms with Gasteiger partial charge in [-0.1, -0.05) is 49.7 Å². The minimum absolute atomic E-state index is 0.379. The van der Waals surface area contributed by atoms with Crippen molar-refractivity contribution in [2.24, 2.45) is 0 Å². The fraction of sp³-hybridized carbons (Fsp3) is 0.273. The zero-order valence-corrected chi connectivity index (χ0v) is 15.3. The third kappa shape index (κ3) is 3.54. The molecule has 0 fully saturated rings. The van der Waals surface area contributed by atoms with Gasteiger partial charge in [0, 0.05) is 35.4 Å². The Kier molecular flexibility index (Phi) is 5.21. The summed E-state index contributed by atoms with van der Waals surface area (Å²) in [5.41, 5.74) is 1.16. The second-order valence-electron chi connectivity index (χ2n) is 6.37. The molecule has 0 aliphatic heterocycles. The maximum atomic E-state index is 11.7. The van der Waals surface area contributed by atoms with Crippen LogP contribution in [0.4, 0.5) is 0 Å². The first-order valence-electron chi connectivity index (χ1n) is 8.85. The van der Waals surface area contributed by atoms with Crippen LogP contribution in [-0.2, 0) is 16.0 Å². The number of fused-ring (bicyclic) bond motifs is 2. The van der Waals surface area contributed by atoms with E-state index >= 15 is 0 Å². The molecule has 4 nitrogen and oxygen atoms in total. The number of benzene rings is 3. The number of ether oxygens (including phenoxy) is 2. The topological polar surface area (TPSA) is 52.6 Å². The van der Waals surface area contributed by atoms with Crippen molar-refractivity contribution >= 4 is 33.5 Å². The largest absolute Gasteiger partial charge is 0.425 e. The van der Waals surface area contributed by atoms with Gasteiger partial charge in [-0.25, -0.2) is 0 Å². The first-order valence-corrected chi connectivity index (χ1v) is 8.85. The molecule has 0 aliphatic carbocycles. The summed E-state index contributed by atoms with van der Waals surface area (Å²) in [5.74, 6) is 0.251. The van der Waals surface area contributed by atoms with Gasteiger partial charge in [-0.2, -0.15) is 0 Å². The number of hydrogen-bond donors (Lipinski definition) is 0. The number of unbranched alkanes of at least 4 members (excludes halogenated alkanes) is 1. The highest BCUT2D eigenvalue weighted by atomic mass is 16.5. The molecule has 0 saturated heterocycles. The molecule has 0 aromatic heterocycles. The van der Waals surface area contributed by atoms with Gasteiger partial charge in [-0.3, -0.25) is 9.59 Å². The van der Waals surface area contributed by atoms with Crippen molar-refractivity contribution in [3.63, 3.8) is 0 Å². The van der Waals surface area contributed by atoms with E-state index in [-0.39, 0.29) is 11.9 Å². The number of esters is 2. The third-order valence-electron chi connectivity index (χ3n) is 4.30. The molecule has 4 heteroatoms. The molecule has 0 radical (unpaired) electrons. The molecular weight excluding hydrogens is 328 g/mol. The normalized spacial score (nSPS) is 10.9. The summed E-state index contributed by atoms with van der Waals surface area (Å²) in [4.78, 5) is 23.4. The average Bonchev–Trinajstić information content (AvgIpc) is 2.62. The molecule has 0 heterocycles. The van der Waals surface area contributed by atoms with Gasteiger partial charge in [0.25, 0.3) is 0 Å². The second-order valence-corrected chi connectivity index (χ2v) is 6.37. The fourth-order valence-electron chi connectivity index (χ4n) is 3.19. The van der Waals surface area contributed by atoms with Gasteiger partial charge < -0.3 is 9.47 Å². The number of rotatable bonds is 5. The molecule has 0 spiro atoms. The highest BCUT2D eigenvalue weighted by Gasteiger charge is 2.18. The van der Waals surface area contributed by atoms with Crippen LogP contribution in [0.1, 0.15) is 39.2 Å². The fourth-order valence-corrected chi connectivity index (χ4v) is 3.19. The number of hydrogen-bond acceptors (Lipinski definition) is 4. The smallest absolute Gasteiger partial charge is 0.308 e. The first-order chi connectivity index (χ1) is 12.5. The molecule has 0 bridgehead atoms. The predicted molar refractivity (Wildman–Crippen MR) is 103 cm³/mol. The van der Waals surface area contributed by atoms with Gasteiger partial charge in [0.15, 0.2) is 0 Å². The van der Waals surface area contributed by atoms with Crippen LogP contribution >= 0.6 is 0 Å². The second kappa shape index (κ2) is 7.56. The maximum Gasteiger partial charge on any atom is 0.308 e. The van der Waals surface area contributed by atoms with E-state index in [1.165, 1.54) is 13.8 Å². The lowest BCUT2D eigenvalue weighted by Crippen LogP contribution is -2.06. The summed E-state index contributed by atoms with van der Waals surface area (Å²) < 4.78 is 11.1. The number of carbonyl (C=O) groups is 2. The van der Waals surface area contributed by atoms with Crippen molar-refractivity contribution < 1.29 is 19.1 Å². The van der Waals surface area contributed by atoms with Gasteiger partial charge in [-0.15, -0.1) is 0 Å². The highest BCUT2D eigenvalue weighted by molar-refractivity contribution is 6.12. The third-order valence-corrected chi connectivity index (χ3v) is 4.30. The molecule has 0 N–H and O–H groups in total. The lowest BCUT2D eigenvalue weighted by atomic mass is 9.97. The molecule has 0 aliphatic rings. The van der Waals surface area contributed by atoms with Crippen LogP contribution in [-0.4, -0.2) is 11.9 Å². The van der Waals surface area contributed by atoms with E-state index < -0.39 is 0 Å². The molecular formula is C22H22O4. The summed E-state index contributed by atoms with van der Waals surface area (Å²) in [6.07, 6.45) is 3.13. The first kappa shape index (κ1) is 17.9. The van der Waals surface area contributed by atoms with Crippen molar-refractivity contribution in [3.8, 4) is 11.5 Å². The minimum atomic E-state index is -0.383. The van der Waals surface area contributed by atoms with Crippen LogP contribution in [0.5, 0.6) is 11.5 Å². The summed E-state index contributed by atoms with van der Waals surface area (Å²) in [6.45, 7) is 4.93. The molecule has 3 aromatic rings. The zero-order valence-electron chi connectivity index (χ0n) is 15.3. The average molecular weight is 350 g/mol. The van der Waals surface area contributed by atoms with E-state index in [1.54, 1.807) is 0 Å². The zero-order chi connectivity index (χ0) is 18.7. The van der Waals surface area contributed by atoms with Crippen molar-refractivity contribution in [2.75, 3.05) is 0 Å². The molecule has 3 aromatic carbocycles. The molecule has 0 unspecified atom stereocenters. The minimum Gasteiger partial charge on any atom is -0.425 e. The molecule has 3 rings (SSSR count). The molecule has 0 atom stereocenters. The van der Waals surface area contributed by atoms with E-state index in [9.17, 15) is 9.59 Å². The van der Waals surface area contributed by atoms with Crippen molar-refractivity contribution in [2.45, 2.75) is 40.0 Å². The monoisotopic (exact) mass is 350 g/mol. The van der Waals surface area contributed by atoms with E-state index in [2.05, 4.69) is 6.92 Å². The van der Waals surface area contributed by atoms with Crippen molar-refractivity contribution in [1.82, 2.24) is 0 Å². The van der Waals surface area contributed by atoms with Crippen LogP contribution in [0.15, 0.2) is 42.5 Å². The Morgan fingerprint density at radius 2 is 1.35 bits per heavy atom. The Hall–Kier alpha value is -2.88. The predicted octanol–water partition coefficient (Wildman–Crippen LogP) is 5.19. The SMILES string of the molecule is CCCCc1ccc2c(OC(C)=O)c3ccccc3c(OC(C)=O)c2c1. The van der Waals surface area contributed by atoms with Crippen LogP contribution in [0.25, 0.3) is 21.5 Å². The van der Waals surface area contributed by atoms with E-state index in [1.807, 2.05) is 42.5 Å². The summed E-state index contributed by atoms with van der Waals surface area (Å²) in [6, 6.07) is 13.5. The van der Waals surface area contributed by atoms with Crippen molar-refractivity contribution in [3.05, 3.63) is 48.0 Å². The van der Waals surface area contributed by atoms with Gasteiger partial charge in [-0.05, 0) is 24.5 Å². The van der Waals surface area contributed by atoms with Crippen LogP contribution < -0.4 is 9.47 Å². The number of carbonyl (C=O) groups excluding carboxylic acids is 2. The van der Waals surface area contributed by atoms with E-state index in [4.69, 9.17) is 9.47 Å². The molecule has 134 valence electrons. The molecule has 0 saturated carbocycles. The van der Waals surface area contributed by atoms with E-state index in [0.29, 0.717) is 11.5 Å². The Labute approximate surface area is 152 Å². The molecule has 0 amide bonds. The highest BCUT2D eigenvalue weighted by Crippen LogP contribution is 2.43. The van der Waals surface area contributed by atoms with E-state index in [0.717, 1.165) is 46.4 Å². The Bertz CT molecular complexity index is 988. The Balaban J connectivity index is 2.36. The standard InChI is InChI=1S/C22H22O4/c1-4-5-8-16-11-12-19-20(13-16)22(26-15(3)24)18-10-7-6-9-17(18)21(19)25-14(2)23/h6-7,9-13H,4-5,8H2,1-3H3. The van der Waals surface area contributed by atoms with Gasteiger partial charge in [0.05, 0.1) is 0 Å². The summed E-state index contributed by atoms with van der Waals surface area (Å²) in [7, 11) is 0. The summed E-state index contributed by atoms with van der Waals surface area (Å²) in [5, 5.41) is 3.03. The lowest BCUT2D eigenvalue weighted by Gasteiger charge is -2.16. The van der Waals surface area contributed by atoms with Crippen LogP contribution in [0.3, 0.4) is 0 Å². The Morgan fingerprint density at radius 1 is 0.808 bits per heavy atom. The Morgan fingerprint density at radius 3 is 1.88 bits per heavy atom. The van der Waals surface area contributed by atoms with Crippen molar-refractivity contribution in [1.29, 1.82) is 0 Å².